The van der Waals surface area contributed by atoms with Gasteiger partial charge in [0.15, 0.2) is 0 Å². The van der Waals surface area contributed by atoms with E-state index < -0.39 is 11.0 Å². The molecule has 0 amide bonds. The zero-order valence-electron chi connectivity index (χ0n) is 9.08. The minimum Gasteiger partial charge on any atom is -0.384 e. The van der Waals surface area contributed by atoms with E-state index in [9.17, 15) is 5.11 Å². The van der Waals surface area contributed by atoms with Crippen molar-refractivity contribution in [3.05, 3.63) is 34.3 Å². The van der Waals surface area contributed by atoms with Gasteiger partial charge in [0.1, 0.15) is 5.60 Å². The predicted octanol–water partition coefficient (Wildman–Crippen LogP) is 3.21. The number of aliphatic hydroxyl groups is 1. The number of hydrogen-bond donors (Lipinski definition) is 1. The number of nitrogens with zero attached hydrogens (tertiary/aromatic N) is 1. The fourth-order valence-corrected chi connectivity index (χ4v) is 1.66. The maximum atomic E-state index is 10.4. The second-order valence-electron chi connectivity index (χ2n) is 4.32. The summed E-state index contributed by atoms with van der Waals surface area (Å²) in [6.45, 7) is 5.12. The first-order valence-electron chi connectivity index (χ1n) is 4.71. The molecular weight excluding hydrogens is 254 g/mol. The summed E-state index contributed by atoms with van der Waals surface area (Å²) in [6, 6.07) is 9.53. The zero-order chi connectivity index (χ0) is 11.7. The Hall–Kier alpha value is -0.850. The van der Waals surface area contributed by atoms with Crippen LogP contribution in [0.2, 0.25) is 0 Å². The van der Waals surface area contributed by atoms with Crippen molar-refractivity contribution in [2.24, 2.45) is 5.41 Å². The molecule has 1 unspecified atom stereocenters. The molecule has 1 aromatic carbocycles. The van der Waals surface area contributed by atoms with Crippen molar-refractivity contribution in [3.8, 4) is 6.07 Å². The second kappa shape index (κ2) is 3.96. The van der Waals surface area contributed by atoms with Gasteiger partial charge in [-0.1, -0.05) is 28.1 Å². The molecule has 1 rings (SSSR count). The smallest absolute Gasteiger partial charge is 0.105 e. The van der Waals surface area contributed by atoms with Crippen LogP contribution >= 0.6 is 15.9 Å². The van der Waals surface area contributed by atoms with Crippen LogP contribution in [0.3, 0.4) is 0 Å². The molecule has 0 radical (unpaired) electrons. The number of halogens is 1. The van der Waals surface area contributed by atoms with Crippen molar-refractivity contribution >= 4 is 15.9 Å². The lowest BCUT2D eigenvalue weighted by Crippen LogP contribution is -2.38. The lowest BCUT2D eigenvalue weighted by molar-refractivity contribution is -0.0267. The monoisotopic (exact) mass is 267 g/mol. The highest BCUT2D eigenvalue weighted by Crippen LogP contribution is 2.39. The molecule has 0 saturated heterocycles. The highest BCUT2D eigenvalue weighted by Gasteiger charge is 2.41. The Labute approximate surface area is 98.7 Å². The van der Waals surface area contributed by atoms with Crippen LogP contribution in [-0.2, 0) is 5.60 Å². The van der Waals surface area contributed by atoms with E-state index in [4.69, 9.17) is 5.26 Å². The molecule has 1 N–H and O–H groups in total. The number of nitriles is 1. The quantitative estimate of drug-likeness (QED) is 0.895. The molecule has 0 aromatic heterocycles. The Morgan fingerprint density at radius 1 is 1.33 bits per heavy atom. The van der Waals surface area contributed by atoms with E-state index in [1.807, 2.05) is 24.3 Å². The minimum absolute atomic E-state index is 0.739. The molecule has 80 valence electrons. The van der Waals surface area contributed by atoms with Crippen LogP contribution in [0.25, 0.3) is 0 Å². The first-order chi connectivity index (χ1) is 6.81. The lowest BCUT2D eigenvalue weighted by atomic mass is 9.73. The summed E-state index contributed by atoms with van der Waals surface area (Å²) < 4.78 is 0.897. The van der Waals surface area contributed by atoms with Crippen LogP contribution in [0.5, 0.6) is 0 Å². The van der Waals surface area contributed by atoms with E-state index in [2.05, 4.69) is 22.0 Å². The molecule has 0 saturated carbocycles. The molecule has 0 bridgehead atoms. The maximum Gasteiger partial charge on any atom is 0.105 e. The van der Waals surface area contributed by atoms with Gasteiger partial charge in [-0.2, -0.15) is 5.26 Å². The molecule has 0 spiro atoms. The average Bonchev–Trinajstić information content (AvgIpc) is 2.17. The standard InChI is InChI=1S/C12H14BrNO/c1-11(2,8-14)12(3,15)9-5-4-6-10(13)7-9/h4-7,15H,1-3H3. The van der Waals surface area contributed by atoms with Crippen LogP contribution in [0.15, 0.2) is 28.7 Å². The Bertz CT molecular complexity index is 404. The van der Waals surface area contributed by atoms with Gasteiger partial charge in [0.05, 0.1) is 11.5 Å². The summed E-state index contributed by atoms with van der Waals surface area (Å²) in [6.07, 6.45) is 0. The molecule has 0 heterocycles. The number of benzene rings is 1. The summed E-state index contributed by atoms with van der Waals surface area (Å²) in [5, 5.41) is 19.4. The Morgan fingerprint density at radius 3 is 2.40 bits per heavy atom. The van der Waals surface area contributed by atoms with Gasteiger partial charge in [0.2, 0.25) is 0 Å². The van der Waals surface area contributed by atoms with E-state index in [0.717, 1.165) is 10.0 Å². The van der Waals surface area contributed by atoms with Crippen molar-refractivity contribution < 1.29 is 5.11 Å². The van der Waals surface area contributed by atoms with E-state index >= 15 is 0 Å². The predicted molar refractivity (Wildman–Crippen MR) is 63.1 cm³/mol. The van der Waals surface area contributed by atoms with Crippen LogP contribution in [0, 0.1) is 16.7 Å². The highest BCUT2D eigenvalue weighted by atomic mass is 79.9. The van der Waals surface area contributed by atoms with Crippen molar-refractivity contribution in [3.63, 3.8) is 0 Å². The minimum atomic E-state index is -1.16. The third-order valence-corrected chi connectivity index (χ3v) is 3.38. The third-order valence-electron chi connectivity index (χ3n) is 2.88. The first kappa shape index (κ1) is 12.2. The van der Waals surface area contributed by atoms with Gasteiger partial charge in [0.25, 0.3) is 0 Å². The second-order valence-corrected chi connectivity index (χ2v) is 5.24. The van der Waals surface area contributed by atoms with Crippen molar-refractivity contribution in [1.82, 2.24) is 0 Å². The van der Waals surface area contributed by atoms with Gasteiger partial charge in [-0.05, 0) is 38.5 Å². The fourth-order valence-electron chi connectivity index (χ4n) is 1.26. The molecule has 0 aliphatic carbocycles. The van der Waals surface area contributed by atoms with Crippen molar-refractivity contribution in [1.29, 1.82) is 5.26 Å². The number of hydrogen-bond acceptors (Lipinski definition) is 2. The molecular formula is C12H14BrNO. The van der Waals surface area contributed by atoms with E-state index in [-0.39, 0.29) is 0 Å². The fraction of sp³-hybridized carbons (Fsp3) is 0.417. The molecule has 0 aliphatic heterocycles. The number of rotatable bonds is 2. The molecule has 15 heavy (non-hydrogen) atoms. The van der Waals surface area contributed by atoms with Crippen molar-refractivity contribution in [2.45, 2.75) is 26.4 Å². The van der Waals surface area contributed by atoms with Gasteiger partial charge < -0.3 is 5.11 Å². The Morgan fingerprint density at radius 2 is 1.93 bits per heavy atom. The normalized spacial score (nSPS) is 15.5. The molecule has 0 aliphatic rings. The third kappa shape index (κ3) is 2.22. The van der Waals surface area contributed by atoms with Crippen LogP contribution in [0.1, 0.15) is 26.3 Å². The summed E-state index contributed by atoms with van der Waals surface area (Å²) in [5.74, 6) is 0. The Balaban J connectivity index is 3.24. The van der Waals surface area contributed by atoms with Gasteiger partial charge in [0, 0.05) is 4.47 Å². The maximum absolute atomic E-state index is 10.4. The summed E-state index contributed by atoms with van der Waals surface area (Å²) in [7, 11) is 0. The molecule has 2 nitrogen and oxygen atoms in total. The van der Waals surface area contributed by atoms with Crippen LogP contribution in [0.4, 0.5) is 0 Å². The molecule has 0 fully saturated rings. The van der Waals surface area contributed by atoms with Gasteiger partial charge in [-0.15, -0.1) is 0 Å². The van der Waals surface area contributed by atoms with E-state index in [1.165, 1.54) is 0 Å². The van der Waals surface area contributed by atoms with Crippen LogP contribution < -0.4 is 0 Å². The van der Waals surface area contributed by atoms with Crippen molar-refractivity contribution in [2.75, 3.05) is 0 Å². The van der Waals surface area contributed by atoms with Crippen LogP contribution in [-0.4, -0.2) is 5.11 Å². The summed E-state index contributed by atoms with van der Waals surface area (Å²) >= 11 is 3.35. The summed E-state index contributed by atoms with van der Waals surface area (Å²) in [5.41, 5.74) is -1.25. The zero-order valence-corrected chi connectivity index (χ0v) is 10.7. The van der Waals surface area contributed by atoms with Gasteiger partial charge in [-0.3, -0.25) is 0 Å². The van der Waals surface area contributed by atoms with E-state index in [0.29, 0.717) is 0 Å². The molecule has 3 heteroatoms. The molecule has 1 atom stereocenters. The highest BCUT2D eigenvalue weighted by molar-refractivity contribution is 9.10. The molecule has 1 aromatic rings. The Kier molecular flexibility index (Phi) is 3.22. The largest absolute Gasteiger partial charge is 0.384 e. The average molecular weight is 268 g/mol. The summed E-state index contributed by atoms with van der Waals surface area (Å²) in [4.78, 5) is 0. The van der Waals surface area contributed by atoms with Gasteiger partial charge in [-0.25, -0.2) is 0 Å². The van der Waals surface area contributed by atoms with E-state index in [1.54, 1.807) is 20.8 Å². The SMILES string of the molecule is CC(C)(C#N)C(C)(O)c1cccc(Br)c1. The lowest BCUT2D eigenvalue weighted by Gasteiger charge is -2.35. The van der Waals surface area contributed by atoms with Gasteiger partial charge >= 0.3 is 0 Å². The topological polar surface area (TPSA) is 44.0 Å². The first-order valence-corrected chi connectivity index (χ1v) is 5.50.